The molecule has 1 aromatic rings. The predicted molar refractivity (Wildman–Crippen MR) is 64.5 cm³/mol. The Morgan fingerprint density at radius 1 is 1.40 bits per heavy atom. The normalized spacial score (nSPS) is 12.6. The zero-order valence-electron chi connectivity index (χ0n) is 9.62. The van der Waals surface area contributed by atoms with Crippen molar-refractivity contribution in [1.29, 1.82) is 0 Å². The summed E-state index contributed by atoms with van der Waals surface area (Å²) in [7, 11) is 0. The molecule has 1 unspecified atom stereocenters. The maximum Gasteiger partial charge on any atom is 0.141 e. The molecule has 0 aliphatic carbocycles. The first-order chi connectivity index (χ1) is 7.13. The summed E-state index contributed by atoms with van der Waals surface area (Å²) in [5, 5.41) is 3.36. The van der Waals surface area contributed by atoms with Gasteiger partial charge in [0.1, 0.15) is 5.82 Å². The van der Waals surface area contributed by atoms with Gasteiger partial charge < -0.3 is 10.7 Å². The van der Waals surface area contributed by atoms with Gasteiger partial charge in [-0.25, -0.2) is 10.8 Å². The van der Waals surface area contributed by atoms with Crippen molar-refractivity contribution in [2.45, 2.75) is 20.8 Å². The van der Waals surface area contributed by atoms with Gasteiger partial charge in [-0.15, -0.1) is 0 Å². The lowest BCUT2D eigenvalue weighted by Crippen LogP contribution is -2.16. The Hall–Kier alpha value is -1.29. The number of hydrogen-bond donors (Lipinski definition) is 3. The summed E-state index contributed by atoms with van der Waals surface area (Å²) >= 11 is 0. The van der Waals surface area contributed by atoms with Crippen LogP contribution >= 0.6 is 0 Å². The fraction of sp³-hybridized carbons (Fsp3) is 0.545. The fourth-order valence-electron chi connectivity index (χ4n) is 1.13. The lowest BCUT2D eigenvalue weighted by molar-refractivity contribution is 0.440. The number of nitrogen functional groups attached to an aromatic ring is 1. The van der Waals surface area contributed by atoms with Gasteiger partial charge in [0.25, 0.3) is 0 Å². The Labute approximate surface area is 91.3 Å². The van der Waals surface area contributed by atoms with Gasteiger partial charge in [0.05, 0.1) is 0 Å². The van der Waals surface area contributed by atoms with Crippen LogP contribution in [0.25, 0.3) is 0 Å². The summed E-state index contributed by atoms with van der Waals surface area (Å²) < 4.78 is 0. The minimum absolute atomic E-state index is 0.646. The highest BCUT2D eigenvalue weighted by atomic mass is 15.2. The number of nitrogens with one attached hydrogen (secondary N) is 2. The minimum atomic E-state index is 0.646. The third kappa shape index (κ3) is 3.75. The van der Waals surface area contributed by atoms with Crippen LogP contribution in [0, 0.1) is 11.8 Å². The highest BCUT2D eigenvalue weighted by molar-refractivity contribution is 5.51. The first-order valence-corrected chi connectivity index (χ1v) is 5.30. The highest BCUT2D eigenvalue weighted by Gasteiger charge is 2.06. The van der Waals surface area contributed by atoms with Crippen molar-refractivity contribution >= 4 is 11.5 Å². The van der Waals surface area contributed by atoms with Crippen LogP contribution < -0.4 is 16.6 Å². The first kappa shape index (κ1) is 11.8. The van der Waals surface area contributed by atoms with Gasteiger partial charge in [-0.05, 0) is 17.9 Å². The van der Waals surface area contributed by atoms with Crippen molar-refractivity contribution < 1.29 is 0 Å². The van der Waals surface area contributed by atoms with Crippen LogP contribution in [0.15, 0.2) is 18.3 Å². The molecule has 4 nitrogen and oxygen atoms in total. The SMILES string of the molecule is CC(C)C(C)CNc1ccnc(NN)c1. The number of nitrogens with two attached hydrogens (primary N) is 1. The van der Waals surface area contributed by atoms with Crippen molar-refractivity contribution in [3.8, 4) is 0 Å². The van der Waals surface area contributed by atoms with Crippen molar-refractivity contribution in [2.75, 3.05) is 17.3 Å². The van der Waals surface area contributed by atoms with Crippen LogP contribution in [0.3, 0.4) is 0 Å². The molecule has 1 atom stereocenters. The standard InChI is InChI=1S/C11H20N4/c1-8(2)9(3)7-14-10-4-5-13-11(6-10)15-12/h4-6,8-9H,7,12H2,1-3H3,(H2,13,14,15). The maximum absolute atomic E-state index is 5.28. The number of nitrogens with zero attached hydrogens (tertiary/aromatic N) is 1. The molecule has 0 saturated carbocycles. The zero-order valence-corrected chi connectivity index (χ0v) is 9.62. The van der Waals surface area contributed by atoms with E-state index in [0.717, 1.165) is 12.2 Å². The quantitative estimate of drug-likeness (QED) is 0.512. The summed E-state index contributed by atoms with van der Waals surface area (Å²) in [5.74, 6) is 7.29. The van der Waals surface area contributed by atoms with Crippen molar-refractivity contribution in [3.05, 3.63) is 18.3 Å². The summed E-state index contributed by atoms with van der Waals surface area (Å²) in [4.78, 5) is 4.04. The van der Waals surface area contributed by atoms with Gasteiger partial charge in [0.15, 0.2) is 0 Å². The lowest BCUT2D eigenvalue weighted by Gasteiger charge is -2.17. The van der Waals surface area contributed by atoms with E-state index in [9.17, 15) is 0 Å². The first-order valence-electron chi connectivity index (χ1n) is 5.30. The molecule has 84 valence electrons. The van der Waals surface area contributed by atoms with Crippen LogP contribution in [-0.2, 0) is 0 Å². The van der Waals surface area contributed by atoms with Gasteiger partial charge in [-0.1, -0.05) is 20.8 Å². The third-order valence-electron chi connectivity index (χ3n) is 2.67. The molecule has 0 bridgehead atoms. The Balaban J connectivity index is 2.50. The second-order valence-electron chi connectivity index (χ2n) is 4.18. The monoisotopic (exact) mass is 208 g/mol. The van der Waals surface area contributed by atoms with Crippen molar-refractivity contribution in [2.24, 2.45) is 17.7 Å². The molecule has 0 fully saturated rings. The molecule has 1 aromatic heterocycles. The largest absolute Gasteiger partial charge is 0.385 e. The number of hydrogen-bond acceptors (Lipinski definition) is 4. The molecular weight excluding hydrogens is 188 g/mol. The molecule has 1 heterocycles. The van der Waals surface area contributed by atoms with Crippen LogP contribution in [-0.4, -0.2) is 11.5 Å². The van der Waals surface area contributed by atoms with E-state index in [1.54, 1.807) is 6.20 Å². The molecule has 0 saturated heterocycles. The van der Waals surface area contributed by atoms with E-state index < -0.39 is 0 Å². The molecule has 0 radical (unpaired) electrons. The average molecular weight is 208 g/mol. The Morgan fingerprint density at radius 3 is 2.73 bits per heavy atom. The molecule has 0 aromatic carbocycles. The topological polar surface area (TPSA) is 63.0 Å². The van der Waals surface area contributed by atoms with Crippen LogP contribution in [0.5, 0.6) is 0 Å². The summed E-state index contributed by atoms with van der Waals surface area (Å²) in [6.45, 7) is 7.66. The molecule has 0 aliphatic rings. The van der Waals surface area contributed by atoms with Crippen LogP contribution in [0.4, 0.5) is 11.5 Å². The zero-order chi connectivity index (χ0) is 11.3. The third-order valence-corrected chi connectivity index (χ3v) is 2.67. The Bertz CT molecular complexity index is 298. The van der Waals surface area contributed by atoms with E-state index in [-0.39, 0.29) is 0 Å². The number of pyridine rings is 1. The van der Waals surface area contributed by atoms with Crippen molar-refractivity contribution in [3.63, 3.8) is 0 Å². The Morgan fingerprint density at radius 2 is 2.13 bits per heavy atom. The van der Waals surface area contributed by atoms with E-state index in [1.165, 1.54) is 0 Å². The summed E-state index contributed by atoms with van der Waals surface area (Å²) in [6.07, 6.45) is 1.73. The van der Waals surface area contributed by atoms with Gasteiger partial charge >= 0.3 is 0 Å². The van der Waals surface area contributed by atoms with E-state index in [1.807, 2.05) is 12.1 Å². The number of hydrazine groups is 1. The summed E-state index contributed by atoms with van der Waals surface area (Å²) in [6, 6.07) is 3.83. The number of anilines is 2. The number of aromatic nitrogens is 1. The molecule has 15 heavy (non-hydrogen) atoms. The van der Waals surface area contributed by atoms with Gasteiger partial charge in [0.2, 0.25) is 0 Å². The van der Waals surface area contributed by atoms with Gasteiger partial charge in [-0.3, -0.25) is 0 Å². The van der Waals surface area contributed by atoms with E-state index in [0.29, 0.717) is 17.7 Å². The second kappa shape index (κ2) is 5.56. The van der Waals surface area contributed by atoms with Gasteiger partial charge in [-0.2, -0.15) is 0 Å². The average Bonchev–Trinajstić information content (AvgIpc) is 2.26. The van der Waals surface area contributed by atoms with E-state index in [2.05, 4.69) is 36.5 Å². The molecule has 4 N–H and O–H groups in total. The van der Waals surface area contributed by atoms with E-state index >= 15 is 0 Å². The maximum atomic E-state index is 5.28. The highest BCUT2D eigenvalue weighted by Crippen LogP contribution is 2.14. The van der Waals surface area contributed by atoms with Crippen LogP contribution in [0.2, 0.25) is 0 Å². The molecular formula is C11H20N4. The molecule has 0 aliphatic heterocycles. The van der Waals surface area contributed by atoms with Crippen LogP contribution in [0.1, 0.15) is 20.8 Å². The van der Waals surface area contributed by atoms with E-state index in [4.69, 9.17) is 5.84 Å². The fourth-order valence-corrected chi connectivity index (χ4v) is 1.13. The second-order valence-corrected chi connectivity index (χ2v) is 4.18. The molecule has 1 rings (SSSR count). The lowest BCUT2D eigenvalue weighted by atomic mass is 9.98. The van der Waals surface area contributed by atoms with Gasteiger partial charge in [0, 0.05) is 24.5 Å². The minimum Gasteiger partial charge on any atom is -0.385 e. The summed E-state index contributed by atoms with van der Waals surface area (Å²) in [5.41, 5.74) is 3.57. The smallest absolute Gasteiger partial charge is 0.141 e. The number of rotatable bonds is 5. The molecule has 4 heteroatoms. The van der Waals surface area contributed by atoms with Crippen molar-refractivity contribution in [1.82, 2.24) is 4.98 Å². The molecule has 0 amide bonds. The molecule has 0 spiro atoms. The Kier molecular flexibility index (Phi) is 4.37. The predicted octanol–water partition coefficient (Wildman–Crippen LogP) is 2.07.